The summed E-state index contributed by atoms with van der Waals surface area (Å²) in [6, 6.07) is 0. The molecule has 120 valence electrons. The van der Waals surface area contributed by atoms with Crippen molar-refractivity contribution in [1.82, 2.24) is 15.1 Å². The number of rotatable bonds is 7. The van der Waals surface area contributed by atoms with Crippen molar-refractivity contribution in [3.63, 3.8) is 0 Å². The Morgan fingerprint density at radius 1 is 1.29 bits per heavy atom. The fraction of sp³-hybridized carbons (Fsp3) is 0.765. The van der Waals surface area contributed by atoms with Gasteiger partial charge >= 0.3 is 0 Å². The van der Waals surface area contributed by atoms with E-state index in [0.29, 0.717) is 12.3 Å². The van der Waals surface area contributed by atoms with Gasteiger partial charge in [-0.3, -0.25) is 9.48 Å². The first-order valence-electron chi connectivity index (χ1n) is 8.06. The van der Waals surface area contributed by atoms with Gasteiger partial charge in [-0.05, 0) is 39.5 Å². The molecule has 0 fully saturated rings. The maximum absolute atomic E-state index is 12.3. The van der Waals surface area contributed by atoms with E-state index in [0.717, 1.165) is 36.3 Å². The Kier molecular flexibility index (Phi) is 5.99. The van der Waals surface area contributed by atoms with E-state index in [2.05, 4.69) is 52.0 Å². The molecule has 0 saturated carbocycles. The number of carbonyl (C=O) groups excluding carboxylic acids is 1. The smallest absolute Gasteiger partial charge is 0.224 e. The van der Waals surface area contributed by atoms with Gasteiger partial charge in [0, 0.05) is 23.3 Å². The predicted octanol–water partition coefficient (Wildman–Crippen LogP) is 3.39. The third kappa shape index (κ3) is 4.58. The van der Waals surface area contributed by atoms with Gasteiger partial charge in [0.2, 0.25) is 5.91 Å². The van der Waals surface area contributed by atoms with E-state index < -0.39 is 0 Å². The highest BCUT2D eigenvalue weighted by atomic mass is 16.1. The van der Waals surface area contributed by atoms with Crippen LogP contribution in [0.5, 0.6) is 0 Å². The zero-order valence-electron chi connectivity index (χ0n) is 14.7. The molecule has 1 rings (SSSR count). The number of amides is 1. The van der Waals surface area contributed by atoms with Crippen LogP contribution in [0.3, 0.4) is 0 Å². The Bertz CT molecular complexity index is 484. The fourth-order valence-electron chi connectivity index (χ4n) is 2.48. The number of aromatic nitrogens is 2. The van der Waals surface area contributed by atoms with Crippen molar-refractivity contribution in [2.24, 2.45) is 5.92 Å². The molecule has 0 aliphatic rings. The van der Waals surface area contributed by atoms with Crippen LogP contribution in [0.2, 0.25) is 0 Å². The quantitative estimate of drug-likeness (QED) is 0.837. The van der Waals surface area contributed by atoms with E-state index in [9.17, 15) is 4.79 Å². The predicted molar refractivity (Wildman–Crippen MR) is 87.4 cm³/mol. The second-order valence-electron chi connectivity index (χ2n) is 6.72. The first-order valence-corrected chi connectivity index (χ1v) is 8.06. The summed E-state index contributed by atoms with van der Waals surface area (Å²) in [5, 5.41) is 7.75. The Morgan fingerprint density at radius 2 is 1.86 bits per heavy atom. The van der Waals surface area contributed by atoms with Gasteiger partial charge in [-0.1, -0.05) is 27.7 Å². The highest BCUT2D eigenvalue weighted by Gasteiger charge is 2.23. The molecule has 1 N–H and O–H groups in total. The van der Waals surface area contributed by atoms with Gasteiger partial charge in [0.15, 0.2) is 0 Å². The molecule has 1 aromatic rings. The minimum atomic E-state index is -0.104. The molecule has 0 bridgehead atoms. The zero-order chi connectivity index (χ0) is 16.2. The Morgan fingerprint density at radius 3 is 2.33 bits per heavy atom. The van der Waals surface area contributed by atoms with Crippen LogP contribution in [0.15, 0.2) is 0 Å². The lowest BCUT2D eigenvalue weighted by atomic mass is 9.95. The SMILES string of the molecule is CCC(C)(CC)NC(=O)Cc1c(C)nn(CC(C)C)c1C. The minimum absolute atomic E-state index is 0.0940. The van der Waals surface area contributed by atoms with E-state index in [1.165, 1.54) is 0 Å². The number of aryl methyl sites for hydroxylation is 1. The first-order chi connectivity index (χ1) is 9.72. The topological polar surface area (TPSA) is 46.9 Å². The summed E-state index contributed by atoms with van der Waals surface area (Å²) in [6.07, 6.45) is 2.31. The molecule has 0 unspecified atom stereocenters. The lowest BCUT2D eigenvalue weighted by Gasteiger charge is -2.28. The van der Waals surface area contributed by atoms with Crippen LogP contribution in [0.4, 0.5) is 0 Å². The molecular formula is C17H31N3O. The molecule has 0 aromatic carbocycles. The molecule has 1 heterocycles. The molecule has 0 aliphatic heterocycles. The van der Waals surface area contributed by atoms with Gasteiger partial charge in [0.1, 0.15) is 0 Å². The van der Waals surface area contributed by atoms with Crippen LogP contribution in [0.1, 0.15) is 64.4 Å². The summed E-state index contributed by atoms with van der Waals surface area (Å²) in [5.74, 6) is 0.643. The van der Waals surface area contributed by atoms with E-state index in [1.54, 1.807) is 0 Å². The molecule has 21 heavy (non-hydrogen) atoms. The molecular weight excluding hydrogens is 262 g/mol. The molecule has 0 saturated heterocycles. The van der Waals surface area contributed by atoms with Crippen molar-refractivity contribution in [2.45, 2.75) is 79.8 Å². The van der Waals surface area contributed by atoms with Crippen LogP contribution in [-0.4, -0.2) is 21.2 Å². The molecule has 1 aromatic heterocycles. The van der Waals surface area contributed by atoms with Crippen LogP contribution in [-0.2, 0) is 17.8 Å². The van der Waals surface area contributed by atoms with Crippen LogP contribution in [0, 0.1) is 19.8 Å². The molecule has 4 nitrogen and oxygen atoms in total. The second kappa shape index (κ2) is 7.10. The van der Waals surface area contributed by atoms with Crippen molar-refractivity contribution in [1.29, 1.82) is 0 Å². The molecule has 0 radical (unpaired) electrons. The normalized spacial score (nSPS) is 12.0. The molecule has 0 spiro atoms. The highest BCUT2D eigenvalue weighted by molar-refractivity contribution is 5.79. The average Bonchev–Trinajstić information content (AvgIpc) is 2.65. The Balaban J connectivity index is 2.84. The van der Waals surface area contributed by atoms with Crippen LogP contribution < -0.4 is 5.32 Å². The maximum Gasteiger partial charge on any atom is 0.224 e. The van der Waals surface area contributed by atoms with Gasteiger partial charge in [-0.25, -0.2) is 0 Å². The minimum Gasteiger partial charge on any atom is -0.351 e. The van der Waals surface area contributed by atoms with E-state index in [-0.39, 0.29) is 11.4 Å². The molecule has 1 amide bonds. The summed E-state index contributed by atoms with van der Waals surface area (Å²) in [4.78, 5) is 12.3. The van der Waals surface area contributed by atoms with Crippen molar-refractivity contribution < 1.29 is 4.79 Å². The molecule has 4 heteroatoms. The Labute approximate surface area is 129 Å². The lowest BCUT2D eigenvalue weighted by molar-refractivity contribution is -0.122. The standard InChI is InChI=1S/C17H31N3O/c1-8-17(7,9-2)18-16(21)10-15-13(5)19-20(14(15)6)11-12(3)4/h12H,8-11H2,1-7H3,(H,18,21). The van der Waals surface area contributed by atoms with E-state index >= 15 is 0 Å². The largest absolute Gasteiger partial charge is 0.351 e. The zero-order valence-corrected chi connectivity index (χ0v) is 14.7. The highest BCUT2D eigenvalue weighted by Crippen LogP contribution is 2.17. The van der Waals surface area contributed by atoms with Gasteiger partial charge in [0.25, 0.3) is 0 Å². The van der Waals surface area contributed by atoms with Gasteiger partial charge in [-0.2, -0.15) is 5.10 Å². The summed E-state index contributed by atoms with van der Waals surface area (Å²) in [5.41, 5.74) is 3.05. The van der Waals surface area contributed by atoms with Crippen molar-refractivity contribution in [2.75, 3.05) is 0 Å². The summed E-state index contributed by atoms with van der Waals surface area (Å²) in [7, 11) is 0. The van der Waals surface area contributed by atoms with Crippen molar-refractivity contribution >= 4 is 5.91 Å². The van der Waals surface area contributed by atoms with E-state index in [4.69, 9.17) is 0 Å². The lowest BCUT2D eigenvalue weighted by Crippen LogP contribution is -2.45. The monoisotopic (exact) mass is 293 g/mol. The second-order valence-corrected chi connectivity index (χ2v) is 6.72. The summed E-state index contributed by atoms with van der Waals surface area (Å²) >= 11 is 0. The number of nitrogens with one attached hydrogen (secondary N) is 1. The third-order valence-electron chi connectivity index (χ3n) is 4.41. The van der Waals surface area contributed by atoms with Crippen molar-refractivity contribution in [3.8, 4) is 0 Å². The number of carbonyl (C=O) groups is 1. The fourth-order valence-corrected chi connectivity index (χ4v) is 2.48. The third-order valence-corrected chi connectivity index (χ3v) is 4.41. The van der Waals surface area contributed by atoms with Gasteiger partial charge in [-0.15, -0.1) is 0 Å². The molecule has 0 aliphatic carbocycles. The van der Waals surface area contributed by atoms with Crippen LogP contribution >= 0.6 is 0 Å². The van der Waals surface area contributed by atoms with E-state index in [1.807, 2.05) is 11.6 Å². The molecule has 0 atom stereocenters. The van der Waals surface area contributed by atoms with Gasteiger partial charge in [0.05, 0.1) is 12.1 Å². The maximum atomic E-state index is 12.3. The number of hydrogen-bond acceptors (Lipinski definition) is 2. The average molecular weight is 293 g/mol. The van der Waals surface area contributed by atoms with Crippen LogP contribution in [0.25, 0.3) is 0 Å². The number of hydrogen-bond donors (Lipinski definition) is 1. The van der Waals surface area contributed by atoms with Gasteiger partial charge < -0.3 is 5.32 Å². The van der Waals surface area contributed by atoms with Crippen molar-refractivity contribution in [3.05, 3.63) is 17.0 Å². The Hall–Kier alpha value is -1.32. The number of nitrogens with zero attached hydrogens (tertiary/aromatic N) is 2. The first kappa shape index (κ1) is 17.7. The summed E-state index contributed by atoms with van der Waals surface area (Å²) in [6.45, 7) is 15.6. The summed E-state index contributed by atoms with van der Waals surface area (Å²) < 4.78 is 2.03.